The highest BCUT2D eigenvalue weighted by Gasteiger charge is 2.34. The van der Waals surface area contributed by atoms with Gasteiger partial charge in [0.2, 0.25) is 6.41 Å². The number of aliphatic hydroxyl groups excluding tert-OH is 10. The summed E-state index contributed by atoms with van der Waals surface area (Å²) in [5.74, 6) is 1.51. The van der Waals surface area contributed by atoms with E-state index in [4.69, 9.17) is 20.7 Å². The summed E-state index contributed by atoms with van der Waals surface area (Å²) in [6, 6.07) is 7.13. The number of carbonyl (C=O) groups excluding carboxylic acids is 1. The fourth-order valence-electron chi connectivity index (χ4n) is 6.16. The molecule has 0 unspecified atom stereocenters. The van der Waals surface area contributed by atoms with Gasteiger partial charge in [-0.15, -0.1) is 0 Å². The molecule has 4 rings (SSSR count). The molecule has 20 heteroatoms. The van der Waals surface area contributed by atoms with Crippen LogP contribution in [0.15, 0.2) is 30.5 Å². The molecule has 0 aliphatic heterocycles. The van der Waals surface area contributed by atoms with E-state index in [9.17, 15) is 45.6 Å². The first-order chi connectivity index (χ1) is 25.3. The summed E-state index contributed by atoms with van der Waals surface area (Å²) in [5.41, 5.74) is 8.87. The summed E-state index contributed by atoms with van der Waals surface area (Å²) in [4.78, 5) is 26.9. The lowest BCUT2D eigenvalue weighted by Gasteiger charge is -2.33. The highest BCUT2D eigenvalue weighted by Crippen LogP contribution is 2.25. The van der Waals surface area contributed by atoms with Crippen LogP contribution in [0.25, 0.3) is 22.2 Å². The Morgan fingerprint density at radius 1 is 0.906 bits per heavy atom. The smallest absolute Gasteiger partial charge is 0.277 e. The minimum Gasteiger partial charge on any atom is -0.492 e. The van der Waals surface area contributed by atoms with Gasteiger partial charge in [-0.3, -0.25) is 14.6 Å². The Labute approximate surface area is 304 Å². The van der Waals surface area contributed by atoms with E-state index >= 15 is 0 Å². The Morgan fingerprint density at radius 3 is 2.06 bits per heavy atom. The number of nitrogen functional groups attached to an aromatic ring is 1. The first-order valence-electron chi connectivity index (χ1n) is 17.2. The number of aryl methyl sites for hydroxylation is 2. The SMILES string of the molecule is CCn1c(CN(C=O)c2nc3cc[nH]c3nc2N)[n+](CC)c2cc(OCCN(C[C@H](O)[C@@H](O)[C@H](O)[C@H](O)CO)C[C@H](O)[C@@H](O)[C@H](O)[C@H](O)CO)ccc21. The molecule has 13 N–H and O–H groups in total. The molecule has 0 saturated heterocycles. The molecule has 8 atom stereocenters. The average Bonchev–Trinajstić information content (AvgIpc) is 3.74. The molecule has 0 bridgehead atoms. The lowest BCUT2D eigenvalue weighted by atomic mass is 10.0. The van der Waals surface area contributed by atoms with E-state index in [-0.39, 0.29) is 31.3 Å². The Bertz CT molecular complexity index is 1740. The number of nitrogens with two attached hydrogens (primary N) is 1. The third-order valence-corrected chi connectivity index (χ3v) is 9.10. The van der Waals surface area contributed by atoms with E-state index in [2.05, 4.69) is 15.0 Å². The van der Waals surface area contributed by atoms with Crippen molar-refractivity contribution in [2.45, 2.75) is 82.3 Å². The molecule has 0 spiro atoms. The van der Waals surface area contributed by atoms with Crippen LogP contribution in [0.1, 0.15) is 19.7 Å². The molecule has 294 valence electrons. The number of hydrogen-bond donors (Lipinski definition) is 12. The molecule has 0 radical (unpaired) electrons. The minimum absolute atomic E-state index is 0.0415. The second kappa shape index (κ2) is 18.8. The molecule has 0 aliphatic rings. The van der Waals surface area contributed by atoms with Crippen molar-refractivity contribution in [3.8, 4) is 5.75 Å². The minimum atomic E-state index is -1.91. The number of aliphatic hydroxyl groups is 10. The lowest BCUT2D eigenvalue weighted by Crippen LogP contribution is -2.53. The number of fused-ring (bicyclic) bond motifs is 2. The van der Waals surface area contributed by atoms with Gasteiger partial charge in [0.15, 0.2) is 28.3 Å². The first kappa shape index (κ1) is 41.7. The standard InChI is InChI=1S/C33H51N8O12/c1-3-40-20-6-5-18(11-21(20)41(4-2)26(40)14-39(17-44)33-31(34)37-32-19(36-33)7-8-35-32)53-10-9-38(12-22(45)27(49)29(51)24(47)15-42)13-23(46)28(50)30(52)25(48)16-43/h5-8,11,17,22-25,27-30,42-43,45-52H,3-4,9-10,12-16H2,1-2H3,(H3,34,35,37)/q+1/t22-,23-,24+,25+,27+,28+,29+,30+/m0/s1. The molecule has 0 fully saturated rings. The number of carbonyl (C=O) groups is 1. The molecular weight excluding hydrogens is 700 g/mol. The number of aromatic amines is 1. The van der Waals surface area contributed by atoms with Gasteiger partial charge in [-0.05, 0) is 32.0 Å². The zero-order valence-corrected chi connectivity index (χ0v) is 29.5. The predicted octanol–water partition coefficient (Wildman–Crippen LogP) is -4.46. The van der Waals surface area contributed by atoms with Crippen LogP contribution in [0.2, 0.25) is 0 Å². The van der Waals surface area contributed by atoms with E-state index in [1.165, 1.54) is 9.80 Å². The molecule has 3 aromatic heterocycles. The number of rotatable bonds is 22. The fraction of sp³-hybridized carbons (Fsp3) is 0.576. The normalized spacial score (nSPS) is 16.7. The maximum absolute atomic E-state index is 12.4. The van der Waals surface area contributed by atoms with E-state index in [0.29, 0.717) is 36.4 Å². The van der Waals surface area contributed by atoms with Crippen LogP contribution in [0.4, 0.5) is 11.6 Å². The zero-order valence-electron chi connectivity index (χ0n) is 29.5. The van der Waals surface area contributed by atoms with E-state index in [1.807, 2.05) is 29.0 Å². The number of aromatic nitrogens is 5. The second-order valence-electron chi connectivity index (χ2n) is 12.6. The van der Waals surface area contributed by atoms with Crippen molar-refractivity contribution in [1.82, 2.24) is 24.4 Å². The Morgan fingerprint density at radius 2 is 1.51 bits per heavy atom. The van der Waals surface area contributed by atoms with Gasteiger partial charge < -0.3 is 66.5 Å². The molecule has 3 heterocycles. The number of amides is 1. The molecule has 1 amide bonds. The van der Waals surface area contributed by atoms with Crippen LogP contribution in [0, 0.1) is 0 Å². The number of nitrogens with one attached hydrogen (secondary N) is 1. The molecule has 1 aromatic carbocycles. The zero-order chi connectivity index (χ0) is 39.0. The summed E-state index contributed by atoms with van der Waals surface area (Å²) in [6.45, 7) is 2.40. The number of H-pyrrole nitrogens is 1. The highest BCUT2D eigenvalue weighted by atomic mass is 16.5. The van der Waals surface area contributed by atoms with Crippen molar-refractivity contribution in [2.75, 3.05) is 50.1 Å². The number of nitrogens with zero attached hydrogens (tertiary/aromatic N) is 6. The van der Waals surface area contributed by atoms with Crippen LogP contribution in [-0.2, 0) is 24.4 Å². The van der Waals surface area contributed by atoms with Gasteiger partial charge in [-0.2, -0.15) is 0 Å². The summed E-state index contributed by atoms with van der Waals surface area (Å²) < 4.78 is 10.1. The molecule has 20 nitrogen and oxygen atoms in total. The molecule has 53 heavy (non-hydrogen) atoms. The summed E-state index contributed by atoms with van der Waals surface area (Å²) >= 11 is 0. The van der Waals surface area contributed by atoms with E-state index in [1.54, 1.807) is 24.4 Å². The van der Waals surface area contributed by atoms with Gasteiger partial charge in [0.25, 0.3) is 5.82 Å². The Hall–Kier alpha value is -4.06. The van der Waals surface area contributed by atoms with Crippen LogP contribution in [0.3, 0.4) is 0 Å². The lowest BCUT2D eigenvalue weighted by molar-refractivity contribution is -0.676. The maximum Gasteiger partial charge on any atom is 0.277 e. The van der Waals surface area contributed by atoms with E-state index < -0.39 is 75.1 Å². The Balaban J connectivity index is 1.55. The van der Waals surface area contributed by atoms with Crippen molar-refractivity contribution in [3.05, 3.63) is 36.3 Å². The quantitative estimate of drug-likeness (QED) is 0.0266. The monoisotopic (exact) mass is 751 g/mol. The van der Waals surface area contributed by atoms with Gasteiger partial charge in [0.05, 0.1) is 38.5 Å². The average molecular weight is 752 g/mol. The topological polar surface area (TPSA) is 311 Å². The second-order valence-corrected chi connectivity index (χ2v) is 12.6. The van der Waals surface area contributed by atoms with Gasteiger partial charge in [0, 0.05) is 31.9 Å². The van der Waals surface area contributed by atoms with Gasteiger partial charge in [-0.25, -0.2) is 19.1 Å². The maximum atomic E-state index is 12.4. The van der Waals surface area contributed by atoms with Crippen LogP contribution in [-0.4, -0.2) is 170 Å². The number of imidazole rings is 1. The molecule has 0 saturated carbocycles. The van der Waals surface area contributed by atoms with Crippen molar-refractivity contribution >= 4 is 40.2 Å². The van der Waals surface area contributed by atoms with Gasteiger partial charge in [-0.1, -0.05) is 0 Å². The van der Waals surface area contributed by atoms with Crippen LogP contribution < -0.4 is 19.9 Å². The third kappa shape index (κ3) is 9.55. The predicted molar refractivity (Wildman–Crippen MR) is 188 cm³/mol. The van der Waals surface area contributed by atoms with Crippen molar-refractivity contribution in [3.63, 3.8) is 0 Å². The van der Waals surface area contributed by atoms with Crippen LogP contribution in [0.5, 0.6) is 5.75 Å². The number of benzene rings is 1. The summed E-state index contributed by atoms with van der Waals surface area (Å²) in [5, 5.41) is 99.9. The first-order valence-corrected chi connectivity index (χ1v) is 17.2. The van der Waals surface area contributed by atoms with Gasteiger partial charge in [0.1, 0.15) is 61.0 Å². The number of anilines is 2. The highest BCUT2D eigenvalue weighted by molar-refractivity contribution is 5.84. The van der Waals surface area contributed by atoms with Crippen molar-refractivity contribution in [1.29, 1.82) is 0 Å². The molecule has 0 aliphatic carbocycles. The largest absolute Gasteiger partial charge is 0.492 e. The fourth-order valence-corrected chi connectivity index (χ4v) is 6.16. The molecule has 4 aromatic rings. The third-order valence-electron chi connectivity index (χ3n) is 9.10. The van der Waals surface area contributed by atoms with E-state index in [0.717, 1.165) is 16.9 Å². The summed E-state index contributed by atoms with van der Waals surface area (Å²) in [6.07, 6.45) is -12.2. The number of ether oxygens (including phenoxy) is 1. The number of hydrogen-bond acceptors (Lipinski definition) is 16. The van der Waals surface area contributed by atoms with Gasteiger partial charge >= 0.3 is 0 Å². The molecular formula is C33H51N8O12+. The summed E-state index contributed by atoms with van der Waals surface area (Å²) in [7, 11) is 0. The van der Waals surface area contributed by atoms with Crippen LogP contribution >= 0.6 is 0 Å². The van der Waals surface area contributed by atoms with Crippen molar-refractivity contribution < 1.29 is 65.2 Å². The van der Waals surface area contributed by atoms with Crippen molar-refractivity contribution in [2.24, 2.45) is 0 Å². The Kier molecular flexibility index (Phi) is 14.8.